The Hall–Kier alpha value is -1.37. The molecule has 32 heavy (non-hydrogen) atoms. The number of carbonyl (C=O) groups is 1. The Morgan fingerprint density at radius 1 is 0.812 bits per heavy atom. The van der Waals surface area contributed by atoms with E-state index in [2.05, 4.69) is 79.7 Å². The maximum absolute atomic E-state index is 13.3. The Bertz CT molecular complexity index is 704. The first-order valence-corrected chi connectivity index (χ1v) is 13.1. The van der Waals surface area contributed by atoms with Crippen molar-refractivity contribution in [2.45, 2.75) is 120 Å². The van der Waals surface area contributed by atoms with Gasteiger partial charge in [0.1, 0.15) is 5.78 Å². The van der Waals surface area contributed by atoms with Crippen molar-refractivity contribution >= 4 is 5.78 Å². The monoisotopic (exact) mass is 438 g/mol. The zero-order chi connectivity index (χ0) is 23.9. The molecule has 0 heterocycles. The molecule has 4 unspecified atom stereocenters. The third kappa shape index (κ3) is 7.89. The minimum atomic E-state index is 0.122. The van der Waals surface area contributed by atoms with Gasteiger partial charge < -0.3 is 0 Å². The van der Waals surface area contributed by atoms with Crippen LogP contribution < -0.4 is 0 Å². The highest BCUT2D eigenvalue weighted by Gasteiger charge is 2.39. The van der Waals surface area contributed by atoms with E-state index >= 15 is 0 Å². The van der Waals surface area contributed by atoms with Crippen LogP contribution in [0.4, 0.5) is 0 Å². The molecule has 0 aliphatic heterocycles. The van der Waals surface area contributed by atoms with Gasteiger partial charge in [-0.25, -0.2) is 0 Å². The van der Waals surface area contributed by atoms with E-state index in [1.807, 2.05) is 0 Å². The lowest BCUT2D eigenvalue weighted by atomic mass is 9.62. The van der Waals surface area contributed by atoms with Gasteiger partial charge in [-0.3, -0.25) is 4.79 Å². The van der Waals surface area contributed by atoms with Gasteiger partial charge in [0.2, 0.25) is 0 Å². The fourth-order valence-electron chi connectivity index (χ4n) is 5.56. The average Bonchev–Trinajstić information content (AvgIpc) is 2.67. The van der Waals surface area contributed by atoms with Crippen LogP contribution >= 0.6 is 0 Å². The summed E-state index contributed by atoms with van der Waals surface area (Å²) in [6.45, 7) is 18.1. The molecule has 1 heteroatoms. The summed E-state index contributed by atoms with van der Waals surface area (Å²) < 4.78 is 0. The standard InChI is InChI=1S/C31H50O/c1-23(2)11-9-13-27-15-17-30(7,25(5)19-27)21-29(32)22-31(8)18-16-28(20-26(31)6)14-10-12-24(3)4/h11-12,15-16,25-26H,9-10,13-14,17-22H2,1-8H3. The van der Waals surface area contributed by atoms with Gasteiger partial charge in [-0.05, 0) is 102 Å². The predicted octanol–water partition coefficient (Wildman–Crippen LogP) is 9.55. The second-order valence-electron chi connectivity index (χ2n) is 12.2. The molecule has 0 spiro atoms. The van der Waals surface area contributed by atoms with E-state index < -0.39 is 0 Å². The van der Waals surface area contributed by atoms with Gasteiger partial charge in [0, 0.05) is 12.8 Å². The van der Waals surface area contributed by atoms with Gasteiger partial charge in [0.25, 0.3) is 0 Å². The Labute approximate surface area is 199 Å². The molecule has 0 bridgehead atoms. The maximum Gasteiger partial charge on any atom is 0.134 e. The van der Waals surface area contributed by atoms with Crippen molar-refractivity contribution < 1.29 is 4.79 Å². The van der Waals surface area contributed by atoms with Gasteiger partial charge in [-0.15, -0.1) is 0 Å². The van der Waals surface area contributed by atoms with Crippen LogP contribution in [-0.2, 0) is 4.79 Å². The molecular weight excluding hydrogens is 388 g/mol. The number of rotatable bonds is 10. The molecule has 0 N–H and O–H groups in total. The second-order valence-corrected chi connectivity index (χ2v) is 12.2. The third-order valence-electron chi connectivity index (χ3n) is 8.47. The fourth-order valence-corrected chi connectivity index (χ4v) is 5.56. The number of allylic oxidation sites excluding steroid dienone is 8. The first-order chi connectivity index (χ1) is 14.9. The van der Waals surface area contributed by atoms with Gasteiger partial charge >= 0.3 is 0 Å². The lowest BCUT2D eigenvalue weighted by Crippen LogP contribution is -2.35. The molecule has 0 aromatic heterocycles. The summed E-state index contributed by atoms with van der Waals surface area (Å²) in [5, 5.41) is 0. The van der Waals surface area contributed by atoms with Crippen LogP contribution in [0.25, 0.3) is 0 Å². The molecule has 0 fully saturated rings. The molecule has 180 valence electrons. The van der Waals surface area contributed by atoms with E-state index in [9.17, 15) is 4.79 Å². The molecule has 0 saturated heterocycles. The van der Waals surface area contributed by atoms with Crippen LogP contribution in [-0.4, -0.2) is 5.78 Å². The van der Waals surface area contributed by atoms with Gasteiger partial charge in [0.05, 0.1) is 0 Å². The van der Waals surface area contributed by atoms with E-state index in [1.165, 1.54) is 24.0 Å². The molecule has 0 radical (unpaired) electrons. The summed E-state index contributed by atoms with van der Waals surface area (Å²) in [6.07, 6.45) is 20.2. The smallest absolute Gasteiger partial charge is 0.134 e. The third-order valence-corrected chi connectivity index (χ3v) is 8.47. The number of ketones is 1. The van der Waals surface area contributed by atoms with Crippen molar-refractivity contribution in [1.82, 2.24) is 0 Å². The van der Waals surface area contributed by atoms with Crippen LogP contribution in [0.5, 0.6) is 0 Å². The largest absolute Gasteiger partial charge is 0.300 e. The molecular formula is C31H50O. The molecule has 2 rings (SSSR count). The highest BCUT2D eigenvalue weighted by atomic mass is 16.1. The minimum absolute atomic E-state index is 0.122. The van der Waals surface area contributed by atoms with Crippen molar-refractivity contribution in [3.05, 3.63) is 46.6 Å². The van der Waals surface area contributed by atoms with Crippen molar-refractivity contribution in [2.24, 2.45) is 22.7 Å². The zero-order valence-electron chi connectivity index (χ0n) is 22.4. The summed E-state index contributed by atoms with van der Waals surface area (Å²) in [7, 11) is 0. The summed E-state index contributed by atoms with van der Waals surface area (Å²) in [5.74, 6) is 1.64. The number of carbonyl (C=O) groups excluding carboxylic acids is 1. The molecule has 2 aliphatic rings. The second kappa shape index (κ2) is 11.7. The first-order valence-electron chi connectivity index (χ1n) is 13.1. The van der Waals surface area contributed by atoms with Crippen LogP contribution in [0.1, 0.15) is 120 Å². The van der Waals surface area contributed by atoms with E-state index in [0.29, 0.717) is 17.6 Å². The molecule has 1 nitrogen and oxygen atoms in total. The highest BCUT2D eigenvalue weighted by Crippen LogP contribution is 2.47. The van der Waals surface area contributed by atoms with Crippen molar-refractivity contribution in [2.75, 3.05) is 0 Å². The van der Waals surface area contributed by atoms with Crippen LogP contribution in [0.15, 0.2) is 46.6 Å². The lowest BCUT2D eigenvalue weighted by Gasteiger charge is -2.42. The van der Waals surface area contributed by atoms with Crippen LogP contribution in [0, 0.1) is 22.7 Å². The summed E-state index contributed by atoms with van der Waals surface area (Å²) in [5.41, 5.74) is 6.25. The van der Waals surface area contributed by atoms with Crippen LogP contribution in [0.2, 0.25) is 0 Å². The molecule has 0 aromatic rings. The summed E-state index contributed by atoms with van der Waals surface area (Å²) in [6, 6.07) is 0. The maximum atomic E-state index is 13.3. The van der Waals surface area contributed by atoms with Crippen molar-refractivity contribution in [3.63, 3.8) is 0 Å². The number of Topliss-reactive ketones (excluding diaryl/α,β-unsaturated/α-hetero) is 1. The quantitative estimate of drug-likeness (QED) is 0.310. The molecule has 0 saturated carbocycles. The van der Waals surface area contributed by atoms with Crippen molar-refractivity contribution in [3.8, 4) is 0 Å². The lowest BCUT2D eigenvalue weighted by molar-refractivity contribution is -0.125. The Morgan fingerprint density at radius 3 is 1.50 bits per heavy atom. The van der Waals surface area contributed by atoms with Gasteiger partial charge in [-0.2, -0.15) is 0 Å². The predicted molar refractivity (Wildman–Crippen MR) is 141 cm³/mol. The van der Waals surface area contributed by atoms with Crippen molar-refractivity contribution in [1.29, 1.82) is 0 Å². The van der Waals surface area contributed by atoms with Gasteiger partial charge in [-0.1, -0.05) is 74.3 Å². The first kappa shape index (κ1) is 26.9. The zero-order valence-corrected chi connectivity index (χ0v) is 22.4. The highest BCUT2D eigenvalue weighted by molar-refractivity contribution is 5.80. The van der Waals surface area contributed by atoms with Gasteiger partial charge in [0.15, 0.2) is 0 Å². The number of hydrogen-bond acceptors (Lipinski definition) is 1. The van der Waals surface area contributed by atoms with E-state index in [1.54, 1.807) is 11.1 Å². The van der Waals surface area contributed by atoms with E-state index in [4.69, 9.17) is 0 Å². The molecule has 4 atom stereocenters. The number of hydrogen-bond donors (Lipinski definition) is 0. The normalized spacial score (nSPS) is 30.2. The molecule has 0 aromatic carbocycles. The van der Waals surface area contributed by atoms with Crippen LogP contribution in [0.3, 0.4) is 0 Å². The minimum Gasteiger partial charge on any atom is -0.300 e. The fraction of sp³-hybridized carbons (Fsp3) is 0.710. The SMILES string of the molecule is CC(C)=CCCC1=CCC(C)(CC(=O)CC2(C)CC=C(CCC=C(C)C)CC2C)C(C)C1. The Kier molecular flexibility index (Phi) is 9.80. The average molecular weight is 439 g/mol. The van der Waals surface area contributed by atoms with E-state index in [0.717, 1.165) is 51.4 Å². The Morgan fingerprint density at radius 2 is 1.19 bits per heavy atom. The summed E-state index contributed by atoms with van der Waals surface area (Å²) in [4.78, 5) is 13.3. The van der Waals surface area contributed by atoms with E-state index in [-0.39, 0.29) is 10.8 Å². The topological polar surface area (TPSA) is 17.1 Å². The molecule has 2 aliphatic carbocycles. The Balaban J connectivity index is 1.92. The molecule has 0 amide bonds. The summed E-state index contributed by atoms with van der Waals surface area (Å²) >= 11 is 0.